The van der Waals surface area contributed by atoms with E-state index in [1.807, 2.05) is 0 Å². The summed E-state index contributed by atoms with van der Waals surface area (Å²) in [4.78, 5) is 4.21. The van der Waals surface area contributed by atoms with Gasteiger partial charge in [-0.3, -0.25) is 0 Å². The Bertz CT molecular complexity index is 473. The van der Waals surface area contributed by atoms with E-state index in [-0.39, 0.29) is 12.4 Å². The second-order valence-electron chi connectivity index (χ2n) is 3.24. The first-order chi connectivity index (χ1) is 7.79. The molecule has 0 amide bonds. The Hall–Kier alpha value is -1.88. The first kappa shape index (κ1) is 10.6. The minimum Gasteiger partial charge on any atom is -0.396 e. The van der Waals surface area contributed by atoms with Gasteiger partial charge in [0.15, 0.2) is 5.82 Å². The highest BCUT2D eigenvalue weighted by atomic mass is 19.1. The smallest absolute Gasteiger partial charge is 0.153 e. The Morgan fingerprint density at radius 3 is 2.62 bits per heavy atom. The Kier molecular flexibility index (Phi) is 3.16. The number of hydrogen-bond donors (Lipinski definition) is 1. The molecular formula is C11H10FN3O. The molecule has 4 nitrogen and oxygen atoms in total. The summed E-state index contributed by atoms with van der Waals surface area (Å²) in [6, 6.07) is 5.98. The lowest BCUT2D eigenvalue weighted by Crippen LogP contribution is -2.01. The number of nitrogens with zero attached hydrogens (tertiary/aromatic N) is 3. The molecule has 0 saturated heterocycles. The van der Waals surface area contributed by atoms with Crippen LogP contribution in [-0.4, -0.2) is 26.9 Å². The third-order valence-corrected chi connectivity index (χ3v) is 2.08. The number of benzene rings is 1. The Labute approximate surface area is 91.8 Å². The minimum atomic E-state index is -0.290. The van der Waals surface area contributed by atoms with Gasteiger partial charge in [-0.05, 0) is 24.3 Å². The third kappa shape index (κ3) is 2.38. The van der Waals surface area contributed by atoms with Crippen LogP contribution in [0, 0.1) is 5.82 Å². The van der Waals surface area contributed by atoms with E-state index in [0.717, 1.165) is 5.56 Å². The molecular weight excluding hydrogens is 209 g/mol. The SMILES string of the molecule is OCCc1nncc(-c2ccc(F)cc2)n1. The summed E-state index contributed by atoms with van der Waals surface area (Å²) in [5, 5.41) is 16.3. The fourth-order valence-corrected chi connectivity index (χ4v) is 1.31. The molecule has 2 rings (SSSR count). The monoisotopic (exact) mass is 219 g/mol. The van der Waals surface area contributed by atoms with Crippen molar-refractivity contribution in [2.45, 2.75) is 6.42 Å². The fourth-order valence-electron chi connectivity index (χ4n) is 1.31. The zero-order valence-electron chi connectivity index (χ0n) is 8.47. The molecule has 0 radical (unpaired) electrons. The molecule has 0 aliphatic rings. The highest BCUT2D eigenvalue weighted by Crippen LogP contribution is 2.15. The number of rotatable bonds is 3. The van der Waals surface area contributed by atoms with Crippen LogP contribution in [0.3, 0.4) is 0 Å². The second-order valence-corrected chi connectivity index (χ2v) is 3.24. The number of halogens is 1. The number of hydrogen-bond acceptors (Lipinski definition) is 4. The molecule has 1 aromatic heterocycles. The second kappa shape index (κ2) is 4.76. The van der Waals surface area contributed by atoms with E-state index in [0.29, 0.717) is 17.9 Å². The Balaban J connectivity index is 2.32. The van der Waals surface area contributed by atoms with E-state index in [4.69, 9.17) is 5.11 Å². The van der Waals surface area contributed by atoms with Crippen molar-refractivity contribution >= 4 is 0 Å². The lowest BCUT2D eigenvalue weighted by Gasteiger charge is -2.01. The van der Waals surface area contributed by atoms with Gasteiger partial charge < -0.3 is 5.11 Å². The Morgan fingerprint density at radius 1 is 1.19 bits per heavy atom. The van der Waals surface area contributed by atoms with Crippen LogP contribution in [0.25, 0.3) is 11.3 Å². The van der Waals surface area contributed by atoms with E-state index in [1.165, 1.54) is 18.3 Å². The molecule has 0 atom stereocenters. The molecule has 2 aromatic rings. The van der Waals surface area contributed by atoms with E-state index in [9.17, 15) is 4.39 Å². The average molecular weight is 219 g/mol. The van der Waals surface area contributed by atoms with Crippen molar-refractivity contribution in [1.82, 2.24) is 15.2 Å². The molecule has 0 saturated carbocycles. The maximum Gasteiger partial charge on any atom is 0.153 e. The predicted octanol–water partition coefficient (Wildman–Crippen LogP) is 1.21. The van der Waals surface area contributed by atoms with E-state index < -0.39 is 0 Å². The van der Waals surface area contributed by atoms with Gasteiger partial charge in [0.1, 0.15) is 5.82 Å². The fraction of sp³-hybridized carbons (Fsp3) is 0.182. The number of aliphatic hydroxyl groups excluding tert-OH is 1. The molecule has 1 N–H and O–H groups in total. The zero-order chi connectivity index (χ0) is 11.4. The van der Waals surface area contributed by atoms with Crippen LogP contribution in [0.1, 0.15) is 5.82 Å². The molecule has 0 aliphatic carbocycles. The highest BCUT2D eigenvalue weighted by molar-refractivity contribution is 5.57. The van der Waals surface area contributed by atoms with Crippen LogP contribution in [0.15, 0.2) is 30.5 Å². The number of aromatic nitrogens is 3. The first-order valence-electron chi connectivity index (χ1n) is 4.85. The van der Waals surface area contributed by atoms with Crippen LogP contribution in [0.2, 0.25) is 0 Å². The van der Waals surface area contributed by atoms with Crippen LogP contribution >= 0.6 is 0 Å². The van der Waals surface area contributed by atoms with Crippen molar-refractivity contribution in [3.63, 3.8) is 0 Å². The molecule has 5 heteroatoms. The lowest BCUT2D eigenvalue weighted by molar-refractivity contribution is 0.296. The Morgan fingerprint density at radius 2 is 1.94 bits per heavy atom. The van der Waals surface area contributed by atoms with Crippen molar-refractivity contribution < 1.29 is 9.50 Å². The van der Waals surface area contributed by atoms with E-state index >= 15 is 0 Å². The lowest BCUT2D eigenvalue weighted by atomic mass is 10.1. The molecule has 0 unspecified atom stereocenters. The van der Waals surface area contributed by atoms with Crippen molar-refractivity contribution in [3.8, 4) is 11.3 Å². The van der Waals surface area contributed by atoms with Crippen molar-refractivity contribution in [2.24, 2.45) is 0 Å². The molecule has 1 heterocycles. The average Bonchev–Trinajstić information content (AvgIpc) is 2.31. The van der Waals surface area contributed by atoms with Gasteiger partial charge in [0.05, 0.1) is 18.5 Å². The quantitative estimate of drug-likeness (QED) is 0.843. The summed E-state index contributed by atoms with van der Waals surface area (Å²) in [5.41, 5.74) is 1.40. The maximum atomic E-state index is 12.7. The third-order valence-electron chi connectivity index (χ3n) is 2.08. The van der Waals surface area contributed by atoms with E-state index in [2.05, 4.69) is 15.2 Å². The van der Waals surface area contributed by atoms with Gasteiger partial charge in [-0.15, -0.1) is 5.10 Å². The summed E-state index contributed by atoms with van der Waals surface area (Å²) in [6.07, 6.45) is 1.87. The van der Waals surface area contributed by atoms with Gasteiger partial charge in [0, 0.05) is 12.0 Å². The van der Waals surface area contributed by atoms with Gasteiger partial charge in [-0.2, -0.15) is 5.10 Å². The zero-order valence-corrected chi connectivity index (χ0v) is 8.47. The van der Waals surface area contributed by atoms with Crippen LogP contribution in [0.5, 0.6) is 0 Å². The van der Waals surface area contributed by atoms with Crippen LogP contribution in [0.4, 0.5) is 4.39 Å². The molecule has 0 aliphatic heterocycles. The highest BCUT2D eigenvalue weighted by Gasteiger charge is 2.03. The van der Waals surface area contributed by atoms with Crippen molar-refractivity contribution in [3.05, 3.63) is 42.1 Å². The minimum absolute atomic E-state index is 0.0193. The summed E-state index contributed by atoms with van der Waals surface area (Å²) < 4.78 is 12.7. The molecule has 0 bridgehead atoms. The predicted molar refractivity (Wildman–Crippen MR) is 56.0 cm³/mol. The van der Waals surface area contributed by atoms with E-state index in [1.54, 1.807) is 12.1 Å². The normalized spacial score (nSPS) is 10.4. The van der Waals surface area contributed by atoms with Crippen molar-refractivity contribution in [1.29, 1.82) is 0 Å². The van der Waals surface area contributed by atoms with Crippen molar-refractivity contribution in [2.75, 3.05) is 6.61 Å². The van der Waals surface area contributed by atoms with Crippen LogP contribution in [-0.2, 0) is 6.42 Å². The van der Waals surface area contributed by atoms with Gasteiger partial charge in [-0.25, -0.2) is 9.37 Å². The molecule has 16 heavy (non-hydrogen) atoms. The van der Waals surface area contributed by atoms with Gasteiger partial charge in [0.25, 0.3) is 0 Å². The summed E-state index contributed by atoms with van der Waals surface area (Å²) in [6.45, 7) is -0.0193. The van der Waals surface area contributed by atoms with Gasteiger partial charge >= 0.3 is 0 Å². The number of aliphatic hydroxyl groups is 1. The summed E-state index contributed by atoms with van der Waals surface area (Å²) in [5.74, 6) is 0.186. The largest absolute Gasteiger partial charge is 0.396 e. The standard InChI is InChI=1S/C11H10FN3O/c12-9-3-1-8(2-4-9)10-7-13-15-11(14-10)5-6-16/h1-4,7,16H,5-6H2. The topological polar surface area (TPSA) is 58.9 Å². The van der Waals surface area contributed by atoms with Crippen LogP contribution < -0.4 is 0 Å². The summed E-state index contributed by atoms with van der Waals surface area (Å²) in [7, 11) is 0. The van der Waals surface area contributed by atoms with Gasteiger partial charge in [-0.1, -0.05) is 0 Å². The maximum absolute atomic E-state index is 12.7. The van der Waals surface area contributed by atoms with Gasteiger partial charge in [0.2, 0.25) is 0 Å². The molecule has 82 valence electrons. The molecule has 1 aromatic carbocycles. The molecule has 0 spiro atoms. The molecule has 0 fully saturated rings. The summed E-state index contributed by atoms with van der Waals surface area (Å²) >= 11 is 0. The first-order valence-corrected chi connectivity index (χ1v) is 4.85.